The molecule has 1 atom stereocenters. The fourth-order valence-electron chi connectivity index (χ4n) is 3.18. The number of aryl methyl sites for hydroxylation is 1. The zero-order valence-electron chi connectivity index (χ0n) is 15.7. The molecule has 1 heterocycles. The van der Waals surface area contributed by atoms with Gasteiger partial charge in [-0.25, -0.2) is 0 Å². The van der Waals surface area contributed by atoms with Gasteiger partial charge in [0.05, 0.1) is 5.25 Å². The summed E-state index contributed by atoms with van der Waals surface area (Å²) in [5.41, 5.74) is 3.68. The Morgan fingerprint density at radius 3 is 2.35 bits per heavy atom. The normalized spacial score (nSPS) is 15.5. The Kier molecular flexibility index (Phi) is 6.62. The average molecular weight is 369 g/mol. The molecule has 1 saturated heterocycles. The smallest absolute Gasteiger partial charge is 0.233 e. The first kappa shape index (κ1) is 18.8. The van der Waals surface area contributed by atoms with Gasteiger partial charge in [0.15, 0.2) is 0 Å². The average Bonchev–Trinajstić information content (AvgIpc) is 2.69. The molecule has 1 fully saturated rings. The van der Waals surface area contributed by atoms with Crippen LogP contribution in [0.4, 0.5) is 5.69 Å². The van der Waals surface area contributed by atoms with E-state index < -0.39 is 0 Å². The molecular weight excluding hydrogens is 340 g/mol. The van der Waals surface area contributed by atoms with Crippen molar-refractivity contribution < 1.29 is 4.79 Å². The summed E-state index contributed by atoms with van der Waals surface area (Å²) in [6.07, 6.45) is 3.92. The number of hydrogen-bond donors (Lipinski definition) is 1. The van der Waals surface area contributed by atoms with Crippen LogP contribution in [0.5, 0.6) is 0 Å². The Hall–Kier alpha value is -1.94. The lowest BCUT2D eigenvalue weighted by Crippen LogP contribution is -2.30. The molecule has 138 valence electrons. The monoisotopic (exact) mass is 368 g/mol. The third-order valence-corrected chi connectivity index (χ3v) is 5.94. The number of benzene rings is 2. The molecule has 3 nitrogen and oxygen atoms in total. The number of piperidine rings is 1. The topological polar surface area (TPSA) is 32.3 Å². The molecule has 0 aliphatic carbocycles. The largest absolute Gasteiger partial charge is 0.372 e. The number of anilines is 1. The number of carbonyl (C=O) groups excluding carboxylic acids is 1. The van der Waals surface area contributed by atoms with Gasteiger partial charge in [0.25, 0.3) is 0 Å². The zero-order chi connectivity index (χ0) is 18.4. The minimum atomic E-state index is -0.106. The number of nitrogens with zero attached hydrogens (tertiary/aromatic N) is 1. The lowest BCUT2D eigenvalue weighted by molar-refractivity contribution is -0.120. The molecular formula is C22H28N2OS. The molecule has 4 heteroatoms. The van der Waals surface area contributed by atoms with Crippen LogP contribution >= 0.6 is 11.8 Å². The van der Waals surface area contributed by atoms with Crippen LogP contribution in [0.2, 0.25) is 0 Å². The molecule has 0 bridgehead atoms. The van der Waals surface area contributed by atoms with Crippen LogP contribution in [0.1, 0.15) is 37.3 Å². The van der Waals surface area contributed by atoms with Crippen molar-refractivity contribution in [2.24, 2.45) is 0 Å². The highest BCUT2D eigenvalue weighted by Crippen LogP contribution is 2.24. The first-order chi connectivity index (χ1) is 12.6. The molecule has 2 aromatic carbocycles. The Morgan fingerprint density at radius 1 is 1.04 bits per heavy atom. The van der Waals surface area contributed by atoms with E-state index in [0.717, 1.165) is 23.5 Å². The van der Waals surface area contributed by atoms with E-state index in [4.69, 9.17) is 0 Å². The Morgan fingerprint density at radius 2 is 1.69 bits per heavy atom. The second-order valence-electron chi connectivity index (χ2n) is 7.01. The molecule has 0 unspecified atom stereocenters. The lowest BCUT2D eigenvalue weighted by atomic mass is 10.1. The first-order valence-corrected chi connectivity index (χ1v) is 10.3. The molecule has 3 rings (SSSR count). The minimum absolute atomic E-state index is 0.0793. The summed E-state index contributed by atoms with van der Waals surface area (Å²) in [7, 11) is 0. The van der Waals surface area contributed by atoms with Crippen LogP contribution in [0, 0.1) is 6.92 Å². The summed E-state index contributed by atoms with van der Waals surface area (Å²) in [6.45, 7) is 6.92. The van der Waals surface area contributed by atoms with Gasteiger partial charge >= 0.3 is 0 Å². The van der Waals surface area contributed by atoms with Crippen molar-refractivity contribution in [1.82, 2.24) is 5.32 Å². The predicted octanol–water partition coefficient (Wildman–Crippen LogP) is 4.78. The first-order valence-electron chi connectivity index (χ1n) is 9.47. The Labute approximate surface area is 161 Å². The van der Waals surface area contributed by atoms with E-state index in [1.165, 1.54) is 30.5 Å². The number of amides is 1. The Balaban J connectivity index is 1.48. The van der Waals surface area contributed by atoms with Gasteiger partial charge in [-0.2, -0.15) is 0 Å². The molecule has 26 heavy (non-hydrogen) atoms. The Bertz CT molecular complexity index is 706. The van der Waals surface area contributed by atoms with Gasteiger partial charge in [-0.3, -0.25) is 4.79 Å². The zero-order valence-corrected chi connectivity index (χ0v) is 16.5. The summed E-state index contributed by atoms with van der Waals surface area (Å²) in [5, 5.41) is 2.95. The van der Waals surface area contributed by atoms with Crippen LogP contribution in [0.3, 0.4) is 0 Å². The van der Waals surface area contributed by atoms with Crippen molar-refractivity contribution in [2.75, 3.05) is 18.0 Å². The van der Waals surface area contributed by atoms with Crippen molar-refractivity contribution in [3.8, 4) is 0 Å². The van der Waals surface area contributed by atoms with Gasteiger partial charge in [0, 0.05) is 30.2 Å². The molecule has 0 radical (unpaired) electrons. The molecule has 2 aromatic rings. The van der Waals surface area contributed by atoms with E-state index in [-0.39, 0.29) is 11.2 Å². The lowest BCUT2D eigenvalue weighted by Gasteiger charge is -2.28. The molecule has 1 aliphatic heterocycles. The fraction of sp³-hybridized carbons (Fsp3) is 0.409. The summed E-state index contributed by atoms with van der Waals surface area (Å²) in [4.78, 5) is 15.9. The van der Waals surface area contributed by atoms with E-state index in [0.29, 0.717) is 6.54 Å². The standard InChI is InChI=1S/C22H28N2OS/c1-17-6-12-21(13-7-17)26-18(2)22(25)23-16-19-8-10-20(11-9-19)24-14-4-3-5-15-24/h6-13,18H,3-5,14-16H2,1-2H3,(H,23,25)/t18-/m1/s1. The summed E-state index contributed by atoms with van der Waals surface area (Å²) in [6, 6.07) is 16.9. The van der Waals surface area contributed by atoms with E-state index in [1.54, 1.807) is 11.8 Å². The summed E-state index contributed by atoms with van der Waals surface area (Å²) >= 11 is 1.60. The maximum absolute atomic E-state index is 12.4. The van der Waals surface area contributed by atoms with Gasteiger partial charge in [-0.05, 0) is 62.9 Å². The second-order valence-corrected chi connectivity index (χ2v) is 8.42. The molecule has 0 spiro atoms. The molecule has 0 aromatic heterocycles. The highest BCUT2D eigenvalue weighted by Gasteiger charge is 2.14. The molecule has 1 aliphatic rings. The highest BCUT2D eigenvalue weighted by molar-refractivity contribution is 8.00. The van der Waals surface area contributed by atoms with Gasteiger partial charge in [-0.1, -0.05) is 29.8 Å². The van der Waals surface area contributed by atoms with E-state index in [9.17, 15) is 4.79 Å². The van der Waals surface area contributed by atoms with Gasteiger partial charge in [0.2, 0.25) is 5.91 Å². The highest BCUT2D eigenvalue weighted by atomic mass is 32.2. The van der Waals surface area contributed by atoms with E-state index in [2.05, 4.69) is 65.7 Å². The van der Waals surface area contributed by atoms with Gasteiger partial charge in [-0.15, -0.1) is 11.8 Å². The molecule has 1 amide bonds. The minimum Gasteiger partial charge on any atom is -0.372 e. The summed E-state index contributed by atoms with van der Waals surface area (Å²) < 4.78 is 0. The van der Waals surface area contributed by atoms with Crippen LogP contribution in [-0.2, 0) is 11.3 Å². The van der Waals surface area contributed by atoms with Gasteiger partial charge in [0.1, 0.15) is 0 Å². The summed E-state index contributed by atoms with van der Waals surface area (Å²) in [5.74, 6) is 0.0793. The van der Waals surface area contributed by atoms with Crippen LogP contribution in [0.25, 0.3) is 0 Å². The fourth-order valence-corrected chi connectivity index (χ4v) is 4.08. The quantitative estimate of drug-likeness (QED) is 0.745. The third-order valence-electron chi connectivity index (χ3n) is 4.83. The van der Waals surface area contributed by atoms with Crippen LogP contribution in [0.15, 0.2) is 53.4 Å². The third kappa shape index (κ3) is 5.28. The van der Waals surface area contributed by atoms with Crippen molar-refractivity contribution in [2.45, 2.75) is 49.8 Å². The van der Waals surface area contributed by atoms with E-state index >= 15 is 0 Å². The number of hydrogen-bond acceptors (Lipinski definition) is 3. The van der Waals surface area contributed by atoms with Crippen molar-refractivity contribution >= 4 is 23.4 Å². The SMILES string of the molecule is Cc1ccc(S[C@H](C)C(=O)NCc2ccc(N3CCCCC3)cc2)cc1. The number of carbonyl (C=O) groups is 1. The second kappa shape index (κ2) is 9.13. The maximum Gasteiger partial charge on any atom is 0.233 e. The number of nitrogens with one attached hydrogen (secondary N) is 1. The van der Waals surface area contributed by atoms with Crippen LogP contribution < -0.4 is 10.2 Å². The maximum atomic E-state index is 12.4. The van der Waals surface area contributed by atoms with Crippen molar-refractivity contribution in [3.05, 3.63) is 59.7 Å². The number of thioether (sulfide) groups is 1. The van der Waals surface area contributed by atoms with E-state index in [1.807, 2.05) is 6.92 Å². The number of rotatable bonds is 6. The van der Waals surface area contributed by atoms with Gasteiger partial charge < -0.3 is 10.2 Å². The van der Waals surface area contributed by atoms with Crippen molar-refractivity contribution in [3.63, 3.8) is 0 Å². The molecule has 0 saturated carbocycles. The predicted molar refractivity (Wildman–Crippen MR) is 111 cm³/mol. The van der Waals surface area contributed by atoms with Crippen LogP contribution in [-0.4, -0.2) is 24.2 Å². The molecule has 1 N–H and O–H groups in total. The van der Waals surface area contributed by atoms with Crippen molar-refractivity contribution in [1.29, 1.82) is 0 Å².